The molecule has 1 unspecified atom stereocenters. The van der Waals surface area contributed by atoms with Crippen LogP contribution in [0.4, 0.5) is 0 Å². The van der Waals surface area contributed by atoms with Crippen molar-refractivity contribution in [2.45, 2.75) is 19.4 Å². The maximum atomic E-state index is 11.0. The maximum absolute atomic E-state index is 11.0. The molecule has 0 saturated carbocycles. The largest absolute Gasteiger partial charge is 0.490 e. The lowest BCUT2D eigenvalue weighted by Crippen LogP contribution is -2.40. The molecule has 1 aromatic rings. The van der Waals surface area contributed by atoms with Gasteiger partial charge in [0.1, 0.15) is 0 Å². The molecular formula is C13H20N2O3. The van der Waals surface area contributed by atoms with Crippen LogP contribution in [0.2, 0.25) is 0 Å². The number of rotatable bonds is 8. The Hall–Kier alpha value is -1.75. The van der Waals surface area contributed by atoms with Gasteiger partial charge in [0.05, 0.1) is 19.3 Å². The summed E-state index contributed by atoms with van der Waals surface area (Å²) in [6.45, 7) is 2.90. The van der Waals surface area contributed by atoms with Crippen molar-refractivity contribution in [3.05, 3.63) is 24.3 Å². The molecule has 5 heteroatoms. The maximum Gasteiger partial charge on any atom is 0.234 e. The summed E-state index contributed by atoms with van der Waals surface area (Å²) in [5.74, 6) is 1.01. The van der Waals surface area contributed by atoms with Crippen molar-refractivity contribution in [2.75, 3.05) is 20.3 Å². The van der Waals surface area contributed by atoms with E-state index in [0.717, 1.165) is 0 Å². The molecule has 5 nitrogen and oxygen atoms in total. The number of carbonyl (C=O) groups excluding carboxylic acids is 1. The molecule has 0 aromatic heterocycles. The average molecular weight is 252 g/mol. The fourth-order valence-electron chi connectivity index (χ4n) is 1.56. The zero-order chi connectivity index (χ0) is 13.4. The third-order valence-electron chi connectivity index (χ3n) is 2.50. The van der Waals surface area contributed by atoms with Gasteiger partial charge in [-0.2, -0.15) is 0 Å². The van der Waals surface area contributed by atoms with Crippen LogP contribution in [0, 0.1) is 0 Å². The molecule has 0 spiro atoms. The third kappa shape index (κ3) is 4.25. The fourth-order valence-corrected chi connectivity index (χ4v) is 1.56. The van der Waals surface area contributed by atoms with Gasteiger partial charge in [0.2, 0.25) is 5.91 Å². The summed E-state index contributed by atoms with van der Waals surface area (Å²) in [4.78, 5) is 11.0. The first kappa shape index (κ1) is 14.3. The van der Waals surface area contributed by atoms with Gasteiger partial charge in [-0.15, -0.1) is 0 Å². The number of hydrogen-bond acceptors (Lipinski definition) is 4. The van der Waals surface area contributed by atoms with Crippen LogP contribution in [0.15, 0.2) is 24.3 Å². The first-order valence-corrected chi connectivity index (χ1v) is 6.00. The number of benzene rings is 1. The minimum Gasteiger partial charge on any atom is -0.490 e. The van der Waals surface area contributed by atoms with Crippen LogP contribution in [0.5, 0.6) is 11.5 Å². The summed E-state index contributed by atoms with van der Waals surface area (Å²) in [6.07, 6.45) is 0.520. The molecule has 18 heavy (non-hydrogen) atoms. The number of amides is 1. The summed E-state index contributed by atoms with van der Waals surface area (Å²) in [7, 11) is 1.70. The third-order valence-corrected chi connectivity index (χ3v) is 2.50. The van der Waals surface area contributed by atoms with Gasteiger partial charge in [0, 0.05) is 6.42 Å². The van der Waals surface area contributed by atoms with Crippen LogP contribution in [-0.4, -0.2) is 32.2 Å². The quantitative estimate of drug-likeness (QED) is 0.721. The van der Waals surface area contributed by atoms with Crippen LogP contribution in [0.1, 0.15) is 13.3 Å². The van der Waals surface area contributed by atoms with Gasteiger partial charge in [-0.3, -0.25) is 4.79 Å². The Labute approximate surface area is 107 Å². The molecule has 0 bridgehead atoms. The molecule has 0 aliphatic rings. The molecule has 1 atom stereocenters. The summed E-state index contributed by atoms with van der Waals surface area (Å²) in [5.41, 5.74) is 5.22. The van der Waals surface area contributed by atoms with Gasteiger partial charge in [-0.25, -0.2) is 0 Å². The lowest BCUT2D eigenvalue weighted by atomic mass is 10.2. The Balaban J connectivity index is 2.50. The number of nitrogens with two attached hydrogens (primary N) is 1. The number of para-hydroxylation sites is 2. The molecular weight excluding hydrogens is 232 g/mol. The standard InChI is InChI=1S/C13H20N2O3/c1-3-17-11-6-4-5-7-12(11)18-9-8-10(15-2)13(14)16/h4-7,10,15H,3,8-9H2,1-2H3,(H2,14,16). The van der Waals surface area contributed by atoms with Gasteiger partial charge >= 0.3 is 0 Å². The molecule has 100 valence electrons. The smallest absolute Gasteiger partial charge is 0.234 e. The number of ether oxygens (including phenoxy) is 2. The number of nitrogens with one attached hydrogen (secondary N) is 1. The van der Waals surface area contributed by atoms with Crippen LogP contribution < -0.4 is 20.5 Å². The average Bonchev–Trinajstić information content (AvgIpc) is 2.36. The molecule has 0 radical (unpaired) electrons. The number of hydrogen-bond donors (Lipinski definition) is 2. The van der Waals surface area contributed by atoms with Gasteiger partial charge in [0.25, 0.3) is 0 Å². The lowest BCUT2D eigenvalue weighted by molar-refractivity contribution is -0.120. The molecule has 3 N–H and O–H groups in total. The monoisotopic (exact) mass is 252 g/mol. The van der Waals surface area contributed by atoms with E-state index in [0.29, 0.717) is 31.1 Å². The minimum absolute atomic E-state index is 0.371. The molecule has 0 fully saturated rings. The molecule has 0 aliphatic heterocycles. The highest BCUT2D eigenvalue weighted by Gasteiger charge is 2.12. The Kier molecular flexibility index (Phi) is 6.00. The van der Waals surface area contributed by atoms with Crippen LogP contribution in [-0.2, 0) is 4.79 Å². The highest BCUT2D eigenvalue weighted by molar-refractivity contribution is 5.79. The van der Waals surface area contributed by atoms with Crippen molar-refractivity contribution < 1.29 is 14.3 Å². The molecule has 1 amide bonds. The second-order valence-corrected chi connectivity index (χ2v) is 3.76. The van der Waals surface area contributed by atoms with Crippen molar-refractivity contribution in [2.24, 2.45) is 5.73 Å². The van der Waals surface area contributed by atoms with Crippen LogP contribution in [0.3, 0.4) is 0 Å². The SMILES string of the molecule is CCOc1ccccc1OCCC(NC)C(N)=O. The van der Waals surface area contributed by atoms with E-state index in [2.05, 4.69) is 5.32 Å². The lowest BCUT2D eigenvalue weighted by Gasteiger charge is -2.14. The highest BCUT2D eigenvalue weighted by atomic mass is 16.5. The fraction of sp³-hybridized carbons (Fsp3) is 0.462. The number of likely N-dealkylation sites (N-methyl/N-ethyl adjacent to an activating group) is 1. The summed E-state index contributed by atoms with van der Waals surface area (Å²) >= 11 is 0. The van der Waals surface area contributed by atoms with Crippen molar-refractivity contribution in [1.29, 1.82) is 0 Å². The van der Waals surface area contributed by atoms with Crippen molar-refractivity contribution >= 4 is 5.91 Å². The van der Waals surface area contributed by atoms with E-state index in [1.807, 2.05) is 31.2 Å². The van der Waals surface area contributed by atoms with E-state index >= 15 is 0 Å². The van der Waals surface area contributed by atoms with Gasteiger partial charge in [0.15, 0.2) is 11.5 Å². The summed E-state index contributed by atoms with van der Waals surface area (Å²) in [5, 5.41) is 2.84. The summed E-state index contributed by atoms with van der Waals surface area (Å²) in [6, 6.07) is 7.08. The van der Waals surface area contributed by atoms with Gasteiger partial charge < -0.3 is 20.5 Å². The molecule has 1 rings (SSSR count). The molecule has 0 saturated heterocycles. The predicted octanol–water partition coefficient (Wildman–Crippen LogP) is 0.927. The van der Waals surface area contributed by atoms with Crippen LogP contribution in [0.25, 0.3) is 0 Å². The Bertz CT molecular complexity index is 382. The van der Waals surface area contributed by atoms with E-state index in [1.165, 1.54) is 0 Å². The topological polar surface area (TPSA) is 73.6 Å². The Morgan fingerprint density at radius 2 is 1.94 bits per heavy atom. The number of carbonyl (C=O) groups is 1. The van der Waals surface area contributed by atoms with E-state index in [9.17, 15) is 4.79 Å². The zero-order valence-electron chi connectivity index (χ0n) is 10.8. The van der Waals surface area contributed by atoms with E-state index in [1.54, 1.807) is 7.05 Å². The molecule has 0 aliphatic carbocycles. The van der Waals surface area contributed by atoms with Crippen molar-refractivity contribution in [3.8, 4) is 11.5 Å². The zero-order valence-corrected chi connectivity index (χ0v) is 10.8. The second kappa shape index (κ2) is 7.55. The second-order valence-electron chi connectivity index (χ2n) is 3.76. The summed E-state index contributed by atoms with van der Waals surface area (Å²) < 4.78 is 11.0. The normalized spacial score (nSPS) is 11.9. The van der Waals surface area contributed by atoms with Gasteiger partial charge in [-0.1, -0.05) is 12.1 Å². The van der Waals surface area contributed by atoms with E-state index in [-0.39, 0.29) is 11.9 Å². The first-order valence-electron chi connectivity index (χ1n) is 6.00. The Morgan fingerprint density at radius 3 is 2.44 bits per heavy atom. The van der Waals surface area contributed by atoms with E-state index < -0.39 is 0 Å². The molecule has 0 heterocycles. The van der Waals surface area contributed by atoms with Crippen molar-refractivity contribution in [3.63, 3.8) is 0 Å². The van der Waals surface area contributed by atoms with Gasteiger partial charge in [-0.05, 0) is 26.1 Å². The highest BCUT2D eigenvalue weighted by Crippen LogP contribution is 2.26. The predicted molar refractivity (Wildman–Crippen MR) is 69.8 cm³/mol. The minimum atomic E-state index is -0.376. The van der Waals surface area contributed by atoms with Crippen LogP contribution >= 0.6 is 0 Å². The van der Waals surface area contributed by atoms with Crippen molar-refractivity contribution in [1.82, 2.24) is 5.32 Å². The van der Waals surface area contributed by atoms with E-state index in [4.69, 9.17) is 15.2 Å². The Morgan fingerprint density at radius 1 is 1.33 bits per heavy atom. The first-order chi connectivity index (χ1) is 8.69. The molecule has 1 aromatic carbocycles. The number of primary amides is 1.